The van der Waals surface area contributed by atoms with Gasteiger partial charge in [0.15, 0.2) is 5.78 Å². The topological polar surface area (TPSA) is 125 Å². The fourth-order valence-electron chi connectivity index (χ4n) is 7.84. The maximum Gasteiger partial charge on any atom is 0.336 e. The molecule has 4 N–H and O–H groups in total. The third-order valence-electron chi connectivity index (χ3n) is 10.3. The van der Waals surface area contributed by atoms with Crippen LogP contribution >= 0.6 is 0 Å². The van der Waals surface area contributed by atoms with Crippen LogP contribution < -0.4 is 10.6 Å². The Morgan fingerprint density at radius 2 is 1.15 bits per heavy atom. The van der Waals surface area contributed by atoms with Gasteiger partial charge in [-0.2, -0.15) is 0 Å². The second-order valence-corrected chi connectivity index (χ2v) is 13.4. The van der Waals surface area contributed by atoms with Crippen LogP contribution in [0.15, 0.2) is 121 Å². The number of ketones is 1. The minimum absolute atomic E-state index is 0.0134. The average Bonchev–Trinajstić information content (AvgIpc) is 3.46. The Morgan fingerprint density at radius 3 is 1.66 bits per heavy atom. The number of benzene rings is 6. The van der Waals surface area contributed by atoms with Crippen molar-refractivity contribution in [2.75, 3.05) is 17.7 Å². The van der Waals surface area contributed by atoms with Gasteiger partial charge in [0, 0.05) is 24.0 Å². The van der Waals surface area contributed by atoms with Crippen LogP contribution in [-0.4, -0.2) is 35.1 Å². The normalized spacial score (nSPS) is 12.5. The first-order valence-corrected chi connectivity index (χ1v) is 17.3. The largest absolute Gasteiger partial charge is 0.478 e. The highest BCUT2D eigenvalue weighted by Crippen LogP contribution is 2.56. The summed E-state index contributed by atoms with van der Waals surface area (Å²) in [4.78, 5) is 43.0. The van der Waals surface area contributed by atoms with Gasteiger partial charge in [0.1, 0.15) is 6.61 Å². The number of hydrogen-bond donors (Lipinski definition) is 4. The van der Waals surface area contributed by atoms with Crippen LogP contribution in [0, 0.1) is 13.8 Å². The van der Waals surface area contributed by atoms with Crippen molar-refractivity contribution in [3.63, 3.8) is 0 Å². The van der Waals surface area contributed by atoms with Crippen LogP contribution in [0.25, 0.3) is 22.3 Å². The summed E-state index contributed by atoms with van der Waals surface area (Å²) < 4.78 is 0. The molecular formula is C45H38N2O6. The van der Waals surface area contributed by atoms with Crippen molar-refractivity contribution in [3.8, 4) is 22.3 Å². The molecule has 1 aliphatic rings. The quantitative estimate of drug-likeness (QED) is 0.0636. The van der Waals surface area contributed by atoms with E-state index in [4.69, 9.17) is 5.26 Å². The standard InChI is InChI=1S/C45H38N2O6/c1-26-21-38(28(3)48)29(25-53-52)23-36(26)37-24-40(44(50)51)39(22-27(37)2)43(49)47-33-19-15-31(16-20-33)45(30-13-17-32(46-4)18-14-30)41-11-7-5-9-34(41)35-10-6-8-12-42(35)45/h5-24,46,52H,25H2,1-4H3,(H,47,49)(H,50,51). The van der Waals surface area contributed by atoms with Crippen LogP contribution in [0.4, 0.5) is 11.4 Å². The van der Waals surface area contributed by atoms with Crippen LogP contribution in [0.2, 0.25) is 0 Å². The molecule has 0 aliphatic heterocycles. The van der Waals surface area contributed by atoms with Crippen molar-refractivity contribution in [3.05, 3.63) is 177 Å². The van der Waals surface area contributed by atoms with E-state index in [1.807, 2.05) is 38.2 Å². The van der Waals surface area contributed by atoms with Crippen LogP contribution in [0.3, 0.4) is 0 Å². The molecule has 53 heavy (non-hydrogen) atoms. The van der Waals surface area contributed by atoms with Gasteiger partial charge >= 0.3 is 5.97 Å². The molecule has 264 valence electrons. The zero-order valence-electron chi connectivity index (χ0n) is 29.8. The highest BCUT2D eigenvalue weighted by atomic mass is 17.1. The summed E-state index contributed by atoms with van der Waals surface area (Å²) in [5.74, 6) is -2.00. The van der Waals surface area contributed by atoms with E-state index < -0.39 is 17.3 Å². The van der Waals surface area contributed by atoms with Gasteiger partial charge < -0.3 is 15.7 Å². The minimum Gasteiger partial charge on any atom is -0.478 e. The molecule has 0 radical (unpaired) electrons. The summed E-state index contributed by atoms with van der Waals surface area (Å²) in [7, 11) is 1.90. The van der Waals surface area contributed by atoms with Gasteiger partial charge in [-0.25, -0.2) is 9.68 Å². The lowest BCUT2D eigenvalue weighted by Gasteiger charge is -2.34. The van der Waals surface area contributed by atoms with Crippen LogP contribution in [-0.2, 0) is 16.9 Å². The third-order valence-corrected chi connectivity index (χ3v) is 10.3. The summed E-state index contributed by atoms with van der Waals surface area (Å²) in [6.07, 6.45) is 0. The summed E-state index contributed by atoms with van der Waals surface area (Å²) in [5, 5.41) is 25.6. The molecule has 0 saturated carbocycles. The Kier molecular flexibility index (Phi) is 9.26. The number of aryl methyl sites for hydroxylation is 2. The summed E-state index contributed by atoms with van der Waals surface area (Å²) >= 11 is 0. The van der Waals surface area contributed by atoms with Gasteiger partial charge in [-0.15, -0.1) is 0 Å². The van der Waals surface area contributed by atoms with E-state index in [2.05, 4.69) is 88.3 Å². The lowest BCUT2D eigenvalue weighted by atomic mass is 9.67. The Hall–Kier alpha value is -6.35. The Bertz CT molecular complexity index is 2370. The molecule has 0 unspecified atom stereocenters. The lowest BCUT2D eigenvalue weighted by molar-refractivity contribution is -0.253. The number of nitrogens with one attached hydrogen (secondary N) is 2. The van der Waals surface area contributed by atoms with Crippen molar-refractivity contribution in [2.45, 2.75) is 32.8 Å². The fraction of sp³-hybridized carbons (Fsp3) is 0.133. The number of Topliss-reactive ketones (excluding diaryl/α,β-unsaturated/α-hetero) is 1. The Balaban J connectivity index is 1.26. The molecule has 8 nitrogen and oxygen atoms in total. The first kappa shape index (κ1) is 35.1. The monoisotopic (exact) mass is 702 g/mol. The van der Waals surface area contributed by atoms with Gasteiger partial charge in [-0.3, -0.25) is 14.8 Å². The number of rotatable bonds is 10. The number of carboxylic acids is 1. The molecule has 0 atom stereocenters. The first-order chi connectivity index (χ1) is 25.6. The van der Waals surface area contributed by atoms with Crippen molar-refractivity contribution in [1.29, 1.82) is 0 Å². The molecule has 7 rings (SSSR count). The first-order valence-electron chi connectivity index (χ1n) is 17.3. The number of carboxylic acid groups (broad SMARTS) is 1. The Morgan fingerprint density at radius 1 is 0.642 bits per heavy atom. The molecule has 0 spiro atoms. The average molecular weight is 703 g/mol. The second kappa shape index (κ2) is 14.0. The van der Waals surface area contributed by atoms with Crippen molar-refractivity contribution in [2.24, 2.45) is 0 Å². The van der Waals surface area contributed by atoms with E-state index in [-0.39, 0.29) is 23.5 Å². The predicted octanol–water partition coefficient (Wildman–Crippen LogP) is 9.52. The van der Waals surface area contributed by atoms with E-state index in [0.717, 1.165) is 22.4 Å². The number of hydrogen-bond acceptors (Lipinski definition) is 6. The number of anilines is 2. The smallest absolute Gasteiger partial charge is 0.336 e. The highest BCUT2D eigenvalue weighted by molar-refractivity contribution is 6.11. The third kappa shape index (κ3) is 5.98. The summed E-state index contributed by atoms with van der Waals surface area (Å²) in [6.45, 7) is 4.83. The van der Waals surface area contributed by atoms with Gasteiger partial charge in [0.25, 0.3) is 5.91 Å². The molecule has 0 saturated heterocycles. The molecule has 1 amide bonds. The molecule has 0 bridgehead atoms. The van der Waals surface area contributed by atoms with E-state index in [1.165, 1.54) is 35.2 Å². The minimum atomic E-state index is -1.26. The van der Waals surface area contributed by atoms with Gasteiger partial charge in [-0.05, 0) is 131 Å². The summed E-state index contributed by atoms with van der Waals surface area (Å²) in [5.41, 5.74) is 11.0. The maximum atomic E-state index is 13.8. The second-order valence-electron chi connectivity index (χ2n) is 13.4. The predicted molar refractivity (Wildman–Crippen MR) is 207 cm³/mol. The van der Waals surface area contributed by atoms with E-state index in [1.54, 1.807) is 25.1 Å². The van der Waals surface area contributed by atoms with Gasteiger partial charge in [0.2, 0.25) is 0 Å². The van der Waals surface area contributed by atoms with Crippen molar-refractivity contribution < 1.29 is 29.6 Å². The molecule has 1 aliphatic carbocycles. The lowest BCUT2D eigenvalue weighted by Crippen LogP contribution is -2.28. The molecule has 6 aromatic carbocycles. The van der Waals surface area contributed by atoms with Crippen LogP contribution in [0.1, 0.15) is 76.9 Å². The number of carbonyl (C=O) groups excluding carboxylic acids is 2. The molecular weight excluding hydrogens is 665 g/mol. The zero-order chi connectivity index (χ0) is 37.4. The highest BCUT2D eigenvalue weighted by Gasteiger charge is 2.45. The number of carbonyl (C=O) groups is 3. The molecule has 0 aromatic heterocycles. The zero-order valence-corrected chi connectivity index (χ0v) is 29.8. The maximum absolute atomic E-state index is 13.8. The van der Waals surface area contributed by atoms with E-state index in [0.29, 0.717) is 33.5 Å². The van der Waals surface area contributed by atoms with Crippen molar-refractivity contribution in [1.82, 2.24) is 0 Å². The van der Waals surface area contributed by atoms with Crippen molar-refractivity contribution >= 4 is 29.0 Å². The van der Waals surface area contributed by atoms with Gasteiger partial charge in [0.05, 0.1) is 16.5 Å². The number of aromatic carboxylic acids is 1. The van der Waals surface area contributed by atoms with E-state index >= 15 is 0 Å². The van der Waals surface area contributed by atoms with E-state index in [9.17, 15) is 19.5 Å². The summed E-state index contributed by atoms with van der Waals surface area (Å²) in [6, 6.07) is 39.6. The molecule has 6 aromatic rings. The Labute approximate surface area is 307 Å². The molecule has 0 fully saturated rings. The number of amides is 1. The van der Waals surface area contributed by atoms with Crippen LogP contribution in [0.5, 0.6) is 0 Å². The molecule has 0 heterocycles. The van der Waals surface area contributed by atoms with Gasteiger partial charge in [-0.1, -0.05) is 72.8 Å². The fourth-order valence-corrected chi connectivity index (χ4v) is 7.84. The SMILES string of the molecule is CNc1ccc(C2(c3ccc(NC(=O)c4cc(C)c(-c5cc(COO)c(C(C)=O)cc5C)cc4C(=O)O)cc3)c3ccccc3-c3ccccc32)cc1. The molecule has 8 heteroatoms. The number of fused-ring (bicyclic) bond motifs is 3.